The molecule has 0 aromatic rings. The molecule has 2 N–H and O–H groups in total. The zero-order valence-corrected chi connectivity index (χ0v) is 11.4. The van der Waals surface area contributed by atoms with E-state index in [4.69, 9.17) is 14.6 Å². The summed E-state index contributed by atoms with van der Waals surface area (Å²) in [6.07, 6.45) is 3.96. The number of carboxylic acid groups (broad SMARTS) is 1. The van der Waals surface area contributed by atoms with Crippen LogP contribution in [-0.2, 0) is 14.3 Å². The molecule has 1 aliphatic heterocycles. The molecule has 1 aliphatic rings. The summed E-state index contributed by atoms with van der Waals surface area (Å²) in [7, 11) is 0. The average molecular weight is 310 g/mol. The SMILES string of the molecule is O=C(O)CNCCC(CBr)OC1CCCCO1. The summed E-state index contributed by atoms with van der Waals surface area (Å²) >= 11 is 3.40. The molecule has 0 aromatic carbocycles. The van der Waals surface area contributed by atoms with Crippen LogP contribution in [0.1, 0.15) is 25.7 Å². The molecule has 0 aliphatic carbocycles. The van der Waals surface area contributed by atoms with E-state index < -0.39 is 5.97 Å². The molecule has 1 fully saturated rings. The second-order valence-corrected chi connectivity index (χ2v) is 4.72. The Morgan fingerprint density at radius 2 is 2.41 bits per heavy atom. The van der Waals surface area contributed by atoms with Gasteiger partial charge in [-0.2, -0.15) is 0 Å². The maximum absolute atomic E-state index is 10.3. The van der Waals surface area contributed by atoms with Gasteiger partial charge in [-0.05, 0) is 32.2 Å². The van der Waals surface area contributed by atoms with E-state index in [1.807, 2.05) is 0 Å². The third-order valence-electron chi connectivity index (χ3n) is 2.57. The molecule has 0 radical (unpaired) electrons. The minimum absolute atomic E-state index is 0.00503. The second kappa shape index (κ2) is 8.85. The molecule has 1 saturated heterocycles. The number of aliphatic carboxylic acids is 1. The van der Waals surface area contributed by atoms with Crippen LogP contribution in [0.5, 0.6) is 0 Å². The number of ether oxygens (including phenoxy) is 2. The maximum atomic E-state index is 10.3. The van der Waals surface area contributed by atoms with Crippen molar-refractivity contribution in [2.45, 2.75) is 38.1 Å². The Labute approximate surface area is 110 Å². The van der Waals surface area contributed by atoms with Gasteiger partial charge in [-0.3, -0.25) is 4.79 Å². The molecule has 1 rings (SSSR count). The molecule has 0 saturated carbocycles. The normalized spacial score (nSPS) is 22.3. The summed E-state index contributed by atoms with van der Waals surface area (Å²) in [5.41, 5.74) is 0. The molecule has 0 aromatic heterocycles. The highest BCUT2D eigenvalue weighted by Gasteiger charge is 2.18. The Hall–Kier alpha value is -0.170. The van der Waals surface area contributed by atoms with Gasteiger partial charge in [0.05, 0.1) is 12.6 Å². The van der Waals surface area contributed by atoms with Crippen molar-refractivity contribution in [3.05, 3.63) is 0 Å². The number of hydrogen-bond donors (Lipinski definition) is 2. The van der Waals surface area contributed by atoms with E-state index in [1.165, 1.54) is 0 Å². The van der Waals surface area contributed by atoms with Gasteiger partial charge in [-0.15, -0.1) is 0 Å². The Bertz CT molecular complexity index is 222. The van der Waals surface area contributed by atoms with Crippen LogP contribution >= 0.6 is 15.9 Å². The fourth-order valence-corrected chi connectivity index (χ4v) is 2.15. The smallest absolute Gasteiger partial charge is 0.317 e. The highest BCUT2D eigenvalue weighted by atomic mass is 79.9. The van der Waals surface area contributed by atoms with E-state index >= 15 is 0 Å². The molecular weight excluding hydrogens is 290 g/mol. The summed E-state index contributed by atoms with van der Waals surface area (Å²) in [6, 6.07) is 0. The van der Waals surface area contributed by atoms with Gasteiger partial charge in [0.1, 0.15) is 0 Å². The number of alkyl halides is 1. The van der Waals surface area contributed by atoms with Gasteiger partial charge in [0.25, 0.3) is 0 Å². The predicted molar refractivity (Wildman–Crippen MR) is 67.4 cm³/mol. The first-order valence-electron chi connectivity index (χ1n) is 5.98. The van der Waals surface area contributed by atoms with Crippen molar-refractivity contribution in [3.8, 4) is 0 Å². The fraction of sp³-hybridized carbons (Fsp3) is 0.909. The minimum Gasteiger partial charge on any atom is -0.480 e. The van der Waals surface area contributed by atoms with Crippen LogP contribution < -0.4 is 5.32 Å². The Morgan fingerprint density at radius 3 is 3.00 bits per heavy atom. The molecule has 6 heteroatoms. The van der Waals surface area contributed by atoms with Crippen molar-refractivity contribution in [1.29, 1.82) is 0 Å². The lowest BCUT2D eigenvalue weighted by Crippen LogP contribution is -2.32. The molecule has 1 heterocycles. The van der Waals surface area contributed by atoms with Crippen molar-refractivity contribution in [2.24, 2.45) is 0 Å². The van der Waals surface area contributed by atoms with Gasteiger partial charge in [0, 0.05) is 11.9 Å². The number of carbonyl (C=O) groups is 1. The lowest BCUT2D eigenvalue weighted by atomic mass is 10.2. The molecule has 17 heavy (non-hydrogen) atoms. The van der Waals surface area contributed by atoms with Gasteiger partial charge in [-0.1, -0.05) is 15.9 Å². The number of halogens is 1. The summed E-state index contributed by atoms with van der Waals surface area (Å²) in [4.78, 5) is 10.3. The zero-order valence-electron chi connectivity index (χ0n) is 9.86. The van der Waals surface area contributed by atoms with Crippen molar-refractivity contribution < 1.29 is 19.4 Å². The van der Waals surface area contributed by atoms with Gasteiger partial charge in [0.2, 0.25) is 0 Å². The van der Waals surface area contributed by atoms with Crippen molar-refractivity contribution in [2.75, 3.05) is 25.0 Å². The van der Waals surface area contributed by atoms with Crippen LogP contribution in [0.4, 0.5) is 0 Å². The number of nitrogens with one attached hydrogen (secondary N) is 1. The first-order chi connectivity index (χ1) is 8.22. The van der Waals surface area contributed by atoms with Gasteiger partial charge in [-0.25, -0.2) is 0 Å². The molecule has 100 valence electrons. The molecule has 2 unspecified atom stereocenters. The van der Waals surface area contributed by atoms with Crippen LogP contribution in [-0.4, -0.2) is 48.5 Å². The lowest BCUT2D eigenvalue weighted by molar-refractivity contribution is -0.183. The van der Waals surface area contributed by atoms with Gasteiger partial charge in [0.15, 0.2) is 6.29 Å². The summed E-state index contributed by atoms with van der Waals surface area (Å²) in [5, 5.41) is 12.1. The molecule has 0 bridgehead atoms. The van der Waals surface area contributed by atoms with Crippen LogP contribution in [0.3, 0.4) is 0 Å². The first-order valence-corrected chi connectivity index (χ1v) is 7.10. The van der Waals surface area contributed by atoms with Crippen molar-refractivity contribution >= 4 is 21.9 Å². The third kappa shape index (κ3) is 6.98. The fourth-order valence-electron chi connectivity index (χ4n) is 1.67. The van der Waals surface area contributed by atoms with Crippen LogP contribution in [0.15, 0.2) is 0 Å². The number of carboxylic acids is 1. The molecule has 5 nitrogen and oxygen atoms in total. The Morgan fingerprint density at radius 1 is 1.59 bits per heavy atom. The largest absolute Gasteiger partial charge is 0.480 e. The van der Waals surface area contributed by atoms with E-state index in [1.54, 1.807) is 0 Å². The van der Waals surface area contributed by atoms with Gasteiger partial charge >= 0.3 is 5.97 Å². The van der Waals surface area contributed by atoms with E-state index in [-0.39, 0.29) is 18.9 Å². The lowest BCUT2D eigenvalue weighted by Gasteiger charge is -2.27. The van der Waals surface area contributed by atoms with E-state index in [9.17, 15) is 4.79 Å². The van der Waals surface area contributed by atoms with E-state index in [2.05, 4.69) is 21.2 Å². The van der Waals surface area contributed by atoms with Crippen LogP contribution in [0, 0.1) is 0 Å². The Balaban J connectivity index is 2.11. The summed E-state index contributed by atoms with van der Waals surface area (Å²) in [5.74, 6) is -0.836. The topological polar surface area (TPSA) is 67.8 Å². The summed E-state index contributed by atoms with van der Waals surface area (Å²) < 4.78 is 11.3. The molecule has 0 amide bonds. The van der Waals surface area contributed by atoms with E-state index in [0.29, 0.717) is 6.54 Å². The standard InChI is InChI=1S/C11H20BrNO4/c12-7-9(4-5-13-8-10(14)15)17-11-3-1-2-6-16-11/h9,11,13H,1-8H2,(H,14,15). The number of rotatable bonds is 8. The molecular formula is C11H20BrNO4. The van der Waals surface area contributed by atoms with Crippen LogP contribution in [0.2, 0.25) is 0 Å². The summed E-state index contributed by atoms with van der Waals surface area (Å²) in [6.45, 7) is 1.40. The zero-order chi connectivity index (χ0) is 12.5. The monoisotopic (exact) mass is 309 g/mol. The highest BCUT2D eigenvalue weighted by molar-refractivity contribution is 9.09. The van der Waals surface area contributed by atoms with E-state index in [0.717, 1.165) is 37.6 Å². The Kier molecular flexibility index (Phi) is 7.75. The quantitative estimate of drug-likeness (QED) is 0.523. The average Bonchev–Trinajstić information content (AvgIpc) is 2.34. The maximum Gasteiger partial charge on any atom is 0.317 e. The minimum atomic E-state index is -0.836. The third-order valence-corrected chi connectivity index (χ3v) is 3.30. The molecule has 0 spiro atoms. The van der Waals surface area contributed by atoms with Gasteiger partial charge < -0.3 is 19.9 Å². The number of hydrogen-bond acceptors (Lipinski definition) is 4. The second-order valence-electron chi connectivity index (χ2n) is 4.07. The van der Waals surface area contributed by atoms with Crippen LogP contribution in [0.25, 0.3) is 0 Å². The highest BCUT2D eigenvalue weighted by Crippen LogP contribution is 2.17. The predicted octanol–water partition coefficient (Wildman–Crippen LogP) is 1.36. The van der Waals surface area contributed by atoms with Crippen molar-refractivity contribution in [1.82, 2.24) is 5.32 Å². The molecule has 2 atom stereocenters. The first kappa shape index (κ1) is 14.9. The van der Waals surface area contributed by atoms with Crippen molar-refractivity contribution in [3.63, 3.8) is 0 Å².